The second-order valence-electron chi connectivity index (χ2n) is 3.50. The quantitative estimate of drug-likeness (QED) is 0.538. The van der Waals surface area contributed by atoms with Gasteiger partial charge in [0, 0.05) is 30.6 Å². The van der Waals surface area contributed by atoms with Gasteiger partial charge in [-0.15, -0.1) is 0 Å². The van der Waals surface area contributed by atoms with Gasteiger partial charge in [0.25, 0.3) is 0 Å². The summed E-state index contributed by atoms with van der Waals surface area (Å²) in [5, 5.41) is 2.71. The molecule has 0 aliphatic carbocycles. The number of ether oxygens (including phenoxy) is 1. The van der Waals surface area contributed by atoms with Crippen LogP contribution in [0.1, 0.15) is 18.9 Å². The van der Waals surface area contributed by atoms with Crippen molar-refractivity contribution in [2.24, 2.45) is 5.73 Å². The van der Waals surface area contributed by atoms with Crippen molar-refractivity contribution in [3.63, 3.8) is 0 Å². The molecule has 6 heteroatoms. The standard InChI is InChI=1S/C12H18N4O2/c1-2-18-12-15-8-10(9-16-12)4-5-11(17)14-7-3-6-13/h4-5,8-9H,2-3,6-7,13H2,1H3,(H,14,17)/b5-4+. The third-order valence-corrected chi connectivity index (χ3v) is 2.03. The van der Waals surface area contributed by atoms with Gasteiger partial charge in [0.1, 0.15) is 0 Å². The van der Waals surface area contributed by atoms with Crippen LogP contribution in [0.3, 0.4) is 0 Å². The maximum Gasteiger partial charge on any atom is 0.316 e. The molecule has 0 bridgehead atoms. The van der Waals surface area contributed by atoms with E-state index in [0.717, 1.165) is 12.0 Å². The summed E-state index contributed by atoms with van der Waals surface area (Å²) >= 11 is 0. The minimum atomic E-state index is -0.155. The van der Waals surface area contributed by atoms with Gasteiger partial charge in [-0.05, 0) is 26.0 Å². The lowest BCUT2D eigenvalue weighted by Gasteiger charge is -2.00. The zero-order chi connectivity index (χ0) is 13.2. The van der Waals surface area contributed by atoms with Crippen molar-refractivity contribution in [1.29, 1.82) is 0 Å². The Labute approximate surface area is 106 Å². The predicted octanol–water partition coefficient (Wildman–Crippen LogP) is 0.354. The summed E-state index contributed by atoms with van der Waals surface area (Å²) in [5.74, 6) is -0.155. The first-order chi connectivity index (χ1) is 8.76. The highest BCUT2D eigenvalue weighted by molar-refractivity contribution is 5.91. The lowest BCUT2D eigenvalue weighted by Crippen LogP contribution is -2.23. The Hall–Kier alpha value is -1.95. The van der Waals surface area contributed by atoms with Crippen LogP contribution in [0.15, 0.2) is 18.5 Å². The van der Waals surface area contributed by atoms with Crippen molar-refractivity contribution in [2.45, 2.75) is 13.3 Å². The number of rotatable bonds is 7. The van der Waals surface area contributed by atoms with E-state index >= 15 is 0 Å². The van der Waals surface area contributed by atoms with Crippen LogP contribution in [0, 0.1) is 0 Å². The van der Waals surface area contributed by atoms with Crippen molar-refractivity contribution in [2.75, 3.05) is 19.7 Å². The van der Waals surface area contributed by atoms with Gasteiger partial charge in [0.15, 0.2) is 0 Å². The largest absolute Gasteiger partial charge is 0.464 e. The normalized spacial score (nSPS) is 10.6. The molecule has 0 aliphatic rings. The first kappa shape index (κ1) is 14.1. The average Bonchev–Trinajstić information content (AvgIpc) is 2.39. The molecular formula is C12H18N4O2. The third-order valence-electron chi connectivity index (χ3n) is 2.03. The molecule has 0 aromatic carbocycles. The number of carbonyl (C=O) groups excluding carboxylic acids is 1. The molecule has 18 heavy (non-hydrogen) atoms. The molecule has 0 saturated heterocycles. The van der Waals surface area contributed by atoms with E-state index in [1.54, 1.807) is 18.5 Å². The minimum Gasteiger partial charge on any atom is -0.464 e. The summed E-state index contributed by atoms with van der Waals surface area (Å²) in [6.07, 6.45) is 7.05. The molecular weight excluding hydrogens is 232 g/mol. The van der Waals surface area contributed by atoms with Gasteiger partial charge in [-0.1, -0.05) is 0 Å². The van der Waals surface area contributed by atoms with E-state index in [9.17, 15) is 4.79 Å². The van der Waals surface area contributed by atoms with Crippen molar-refractivity contribution in [3.05, 3.63) is 24.0 Å². The molecule has 1 aromatic heterocycles. The molecule has 1 amide bonds. The Morgan fingerprint density at radius 1 is 1.50 bits per heavy atom. The number of hydrogen-bond acceptors (Lipinski definition) is 5. The van der Waals surface area contributed by atoms with E-state index in [2.05, 4.69) is 15.3 Å². The molecule has 1 heterocycles. The van der Waals surface area contributed by atoms with E-state index in [0.29, 0.717) is 25.7 Å². The lowest BCUT2D eigenvalue weighted by atomic mass is 10.3. The fraction of sp³-hybridized carbons (Fsp3) is 0.417. The molecule has 0 saturated carbocycles. The summed E-state index contributed by atoms with van der Waals surface area (Å²) in [5.41, 5.74) is 6.06. The first-order valence-corrected chi connectivity index (χ1v) is 5.87. The number of nitrogens with two attached hydrogens (primary N) is 1. The van der Waals surface area contributed by atoms with Crippen LogP contribution in [0.4, 0.5) is 0 Å². The molecule has 0 aliphatic heterocycles. The summed E-state index contributed by atoms with van der Waals surface area (Å²) < 4.78 is 5.11. The monoisotopic (exact) mass is 250 g/mol. The maximum atomic E-state index is 11.4. The zero-order valence-corrected chi connectivity index (χ0v) is 10.4. The molecule has 0 radical (unpaired) electrons. The van der Waals surface area contributed by atoms with Crippen LogP contribution in [0.25, 0.3) is 6.08 Å². The highest BCUT2D eigenvalue weighted by atomic mass is 16.5. The minimum absolute atomic E-state index is 0.155. The number of hydrogen-bond donors (Lipinski definition) is 2. The molecule has 0 spiro atoms. The van der Waals surface area contributed by atoms with Gasteiger partial charge >= 0.3 is 6.01 Å². The second-order valence-corrected chi connectivity index (χ2v) is 3.50. The van der Waals surface area contributed by atoms with E-state index in [4.69, 9.17) is 10.5 Å². The molecule has 3 N–H and O–H groups in total. The predicted molar refractivity (Wildman–Crippen MR) is 68.9 cm³/mol. The second kappa shape index (κ2) is 8.19. The highest BCUT2D eigenvalue weighted by Crippen LogP contribution is 2.03. The Morgan fingerprint density at radius 3 is 2.83 bits per heavy atom. The number of aromatic nitrogens is 2. The Balaban J connectivity index is 2.43. The molecule has 1 aromatic rings. The van der Waals surface area contributed by atoms with E-state index in [1.807, 2.05) is 6.92 Å². The smallest absolute Gasteiger partial charge is 0.316 e. The van der Waals surface area contributed by atoms with Gasteiger partial charge < -0.3 is 15.8 Å². The van der Waals surface area contributed by atoms with Gasteiger partial charge in [0.05, 0.1) is 6.61 Å². The van der Waals surface area contributed by atoms with E-state index in [1.165, 1.54) is 6.08 Å². The average molecular weight is 250 g/mol. The molecule has 1 rings (SSSR count). The van der Waals surface area contributed by atoms with Crippen LogP contribution >= 0.6 is 0 Å². The fourth-order valence-electron chi connectivity index (χ4n) is 1.16. The van der Waals surface area contributed by atoms with E-state index < -0.39 is 0 Å². The third kappa shape index (κ3) is 5.40. The fourth-order valence-corrected chi connectivity index (χ4v) is 1.16. The van der Waals surface area contributed by atoms with Crippen LogP contribution in [-0.4, -0.2) is 35.6 Å². The van der Waals surface area contributed by atoms with Gasteiger partial charge in [-0.3, -0.25) is 4.79 Å². The van der Waals surface area contributed by atoms with Crippen LogP contribution in [0.2, 0.25) is 0 Å². The van der Waals surface area contributed by atoms with Crippen molar-refractivity contribution in [1.82, 2.24) is 15.3 Å². The maximum absolute atomic E-state index is 11.4. The van der Waals surface area contributed by atoms with Crippen LogP contribution < -0.4 is 15.8 Å². The molecule has 6 nitrogen and oxygen atoms in total. The SMILES string of the molecule is CCOc1ncc(/C=C/C(=O)NCCCN)cn1. The number of nitrogens with one attached hydrogen (secondary N) is 1. The Kier molecular flexibility index (Phi) is 6.42. The van der Waals surface area contributed by atoms with Crippen molar-refractivity contribution < 1.29 is 9.53 Å². The molecule has 0 atom stereocenters. The van der Waals surface area contributed by atoms with Crippen molar-refractivity contribution >= 4 is 12.0 Å². The summed E-state index contributed by atoms with van der Waals surface area (Å²) in [6.45, 7) is 3.54. The summed E-state index contributed by atoms with van der Waals surface area (Å²) in [6, 6.07) is 0.335. The number of nitrogens with zero attached hydrogens (tertiary/aromatic N) is 2. The topological polar surface area (TPSA) is 90.1 Å². The molecule has 98 valence electrons. The van der Waals surface area contributed by atoms with Gasteiger partial charge in [-0.2, -0.15) is 0 Å². The summed E-state index contributed by atoms with van der Waals surface area (Å²) in [4.78, 5) is 19.3. The molecule has 0 unspecified atom stereocenters. The van der Waals surface area contributed by atoms with E-state index in [-0.39, 0.29) is 5.91 Å². The van der Waals surface area contributed by atoms with Gasteiger partial charge in [0.2, 0.25) is 5.91 Å². The Bertz CT molecular complexity index is 390. The van der Waals surface area contributed by atoms with Crippen molar-refractivity contribution in [3.8, 4) is 6.01 Å². The Morgan fingerprint density at radius 2 is 2.22 bits per heavy atom. The highest BCUT2D eigenvalue weighted by Gasteiger charge is 1.96. The number of carbonyl (C=O) groups is 1. The number of amides is 1. The zero-order valence-electron chi connectivity index (χ0n) is 10.4. The lowest BCUT2D eigenvalue weighted by molar-refractivity contribution is -0.116. The molecule has 0 fully saturated rings. The van der Waals surface area contributed by atoms with Gasteiger partial charge in [-0.25, -0.2) is 9.97 Å². The summed E-state index contributed by atoms with van der Waals surface area (Å²) in [7, 11) is 0. The van der Waals surface area contributed by atoms with Crippen LogP contribution in [-0.2, 0) is 4.79 Å². The van der Waals surface area contributed by atoms with Crippen LogP contribution in [0.5, 0.6) is 6.01 Å². The first-order valence-electron chi connectivity index (χ1n) is 5.87.